The third-order valence-corrected chi connectivity index (χ3v) is 5.26. The number of carbonyl (C=O) groups is 3. The molecule has 0 bridgehead atoms. The molecule has 1 amide bonds. The zero-order chi connectivity index (χ0) is 22.5. The number of aliphatic carboxylic acids is 2. The van der Waals surface area contributed by atoms with Gasteiger partial charge in [-0.25, -0.2) is 14.8 Å². The standard InChI is InChI=1S/C19H19N5O6S/c1-9-22-12-3-2-10(6-11(12)16(27)23-9)7-20-14-8-21-18(31-14)17(28)24-13(19(29)30)4-5-15(25)26/h2-3,6,8,13,20H,4-5,7H2,1H3,(H,24,28)(H,25,26)(H,29,30)(H,22,23,27)/t13-/m0/s1. The summed E-state index contributed by atoms with van der Waals surface area (Å²) in [5.74, 6) is -2.63. The number of aromatic nitrogens is 3. The van der Waals surface area contributed by atoms with Crippen molar-refractivity contribution in [1.29, 1.82) is 0 Å². The van der Waals surface area contributed by atoms with Crippen molar-refractivity contribution in [1.82, 2.24) is 20.3 Å². The number of carbonyl (C=O) groups excluding carboxylic acids is 1. The van der Waals surface area contributed by atoms with Gasteiger partial charge in [-0.1, -0.05) is 17.4 Å². The monoisotopic (exact) mass is 445 g/mol. The van der Waals surface area contributed by atoms with Gasteiger partial charge in [0.05, 0.1) is 17.1 Å². The molecular weight excluding hydrogens is 426 g/mol. The topological polar surface area (TPSA) is 174 Å². The Kier molecular flexibility index (Phi) is 6.60. The van der Waals surface area contributed by atoms with Crippen molar-refractivity contribution in [2.75, 3.05) is 5.32 Å². The van der Waals surface area contributed by atoms with Crippen LogP contribution in [0, 0.1) is 6.92 Å². The van der Waals surface area contributed by atoms with Gasteiger partial charge in [0.1, 0.15) is 16.9 Å². The average molecular weight is 445 g/mol. The number of H-pyrrole nitrogens is 1. The molecule has 11 nitrogen and oxygen atoms in total. The lowest BCUT2D eigenvalue weighted by molar-refractivity contribution is -0.140. The number of nitrogens with zero attached hydrogens (tertiary/aromatic N) is 2. The highest BCUT2D eigenvalue weighted by Gasteiger charge is 2.23. The summed E-state index contributed by atoms with van der Waals surface area (Å²) in [7, 11) is 0. The SMILES string of the molecule is Cc1nc2ccc(CNc3cnc(C(=O)N[C@@H](CCC(=O)O)C(=O)O)s3)cc2c(=O)[nH]1. The van der Waals surface area contributed by atoms with Crippen LogP contribution < -0.4 is 16.2 Å². The van der Waals surface area contributed by atoms with Crippen LogP contribution in [0.5, 0.6) is 0 Å². The number of carboxylic acid groups (broad SMARTS) is 2. The Balaban J connectivity index is 1.63. The number of thiazole rings is 1. The van der Waals surface area contributed by atoms with E-state index in [1.165, 1.54) is 6.20 Å². The number of rotatable bonds is 9. The molecule has 3 aromatic rings. The van der Waals surface area contributed by atoms with Gasteiger partial charge in [0.25, 0.3) is 11.5 Å². The fourth-order valence-corrected chi connectivity index (χ4v) is 3.52. The first-order valence-electron chi connectivity index (χ1n) is 9.17. The number of hydrogen-bond acceptors (Lipinski definition) is 8. The van der Waals surface area contributed by atoms with Gasteiger partial charge in [-0.05, 0) is 31.0 Å². The number of carboxylic acids is 2. The van der Waals surface area contributed by atoms with E-state index in [0.29, 0.717) is 28.3 Å². The van der Waals surface area contributed by atoms with Crippen LogP contribution >= 0.6 is 11.3 Å². The van der Waals surface area contributed by atoms with E-state index in [0.717, 1.165) is 16.9 Å². The number of aryl methyl sites for hydroxylation is 1. The van der Waals surface area contributed by atoms with E-state index < -0.39 is 23.9 Å². The first-order valence-corrected chi connectivity index (χ1v) is 9.99. The molecule has 0 aliphatic carbocycles. The number of benzene rings is 1. The van der Waals surface area contributed by atoms with Crippen molar-refractivity contribution in [2.24, 2.45) is 0 Å². The van der Waals surface area contributed by atoms with Gasteiger partial charge in [0.15, 0.2) is 5.01 Å². The molecule has 0 aliphatic heterocycles. The molecule has 0 spiro atoms. The van der Waals surface area contributed by atoms with Crippen molar-refractivity contribution < 1.29 is 24.6 Å². The first kappa shape index (κ1) is 21.9. The number of hydrogen-bond donors (Lipinski definition) is 5. The fraction of sp³-hybridized carbons (Fsp3) is 0.263. The predicted molar refractivity (Wildman–Crippen MR) is 112 cm³/mol. The Morgan fingerprint density at radius 3 is 2.74 bits per heavy atom. The van der Waals surface area contributed by atoms with Gasteiger partial charge in [-0.2, -0.15) is 0 Å². The normalized spacial score (nSPS) is 11.8. The van der Waals surface area contributed by atoms with E-state index in [1.54, 1.807) is 19.1 Å². The van der Waals surface area contributed by atoms with E-state index in [9.17, 15) is 19.2 Å². The lowest BCUT2D eigenvalue weighted by atomic mass is 10.1. The number of nitrogens with one attached hydrogen (secondary N) is 3. The minimum atomic E-state index is -1.32. The lowest BCUT2D eigenvalue weighted by Crippen LogP contribution is -2.41. The summed E-state index contributed by atoms with van der Waals surface area (Å²) in [6, 6.07) is 3.98. The van der Waals surface area contributed by atoms with Crippen LogP contribution in [0.2, 0.25) is 0 Å². The van der Waals surface area contributed by atoms with Crippen LogP contribution in [0.4, 0.5) is 5.00 Å². The lowest BCUT2D eigenvalue weighted by Gasteiger charge is -2.12. The van der Waals surface area contributed by atoms with Gasteiger partial charge < -0.3 is 25.8 Å². The van der Waals surface area contributed by atoms with Crippen molar-refractivity contribution in [2.45, 2.75) is 32.4 Å². The number of aromatic amines is 1. The molecule has 2 heterocycles. The Morgan fingerprint density at radius 2 is 2.03 bits per heavy atom. The number of amides is 1. The minimum absolute atomic E-state index is 0.0405. The highest BCUT2D eigenvalue weighted by atomic mass is 32.1. The quantitative estimate of drug-likeness (QED) is 0.325. The summed E-state index contributed by atoms with van der Waals surface area (Å²) in [6.07, 6.45) is 0.819. The molecule has 0 fully saturated rings. The van der Waals surface area contributed by atoms with Crippen molar-refractivity contribution in [3.8, 4) is 0 Å². The van der Waals surface area contributed by atoms with Gasteiger partial charge in [0.2, 0.25) is 0 Å². The van der Waals surface area contributed by atoms with Crippen LogP contribution in [-0.4, -0.2) is 49.1 Å². The van der Waals surface area contributed by atoms with Crippen molar-refractivity contribution >= 4 is 45.1 Å². The Labute approximate surface area is 179 Å². The predicted octanol–water partition coefficient (Wildman–Crippen LogP) is 1.35. The summed E-state index contributed by atoms with van der Waals surface area (Å²) in [4.78, 5) is 57.1. The molecule has 31 heavy (non-hydrogen) atoms. The second-order valence-corrected chi connectivity index (χ2v) is 7.71. The van der Waals surface area contributed by atoms with Gasteiger partial charge in [-0.3, -0.25) is 14.4 Å². The summed E-state index contributed by atoms with van der Waals surface area (Å²) in [5.41, 5.74) is 1.19. The molecule has 1 atom stereocenters. The molecule has 5 N–H and O–H groups in total. The fourth-order valence-electron chi connectivity index (χ4n) is 2.81. The molecule has 1 aromatic carbocycles. The number of anilines is 1. The zero-order valence-electron chi connectivity index (χ0n) is 16.3. The van der Waals surface area contributed by atoms with Crippen LogP contribution in [-0.2, 0) is 16.1 Å². The molecule has 162 valence electrons. The summed E-state index contributed by atoms with van der Waals surface area (Å²) in [6.45, 7) is 2.07. The van der Waals surface area contributed by atoms with Crippen LogP contribution in [0.1, 0.15) is 34.0 Å². The maximum absolute atomic E-state index is 12.3. The second-order valence-electron chi connectivity index (χ2n) is 6.68. The molecule has 0 radical (unpaired) electrons. The van der Waals surface area contributed by atoms with Crippen molar-refractivity contribution in [3.63, 3.8) is 0 Å². The van der Waals surface area contributed by atoms with Gasteiger partial charge >= 0.3 is 11.9 Å². The minimum Gasteiger partial charge on any atom is -0.481 e. The molecule has 3 rings (SSSR count). The Hall–Kier alpha value is -3.80. The zero-order valence-corrected chi connectivity index (χ0v) is 17.2. The van der Waals surface area contributed by atoms with Crippen molar-refractivity contribution in [3.05, 3.63) is 51.1 Å². The largest absolute Gasteiger partial charge is 0.481 e. The van der Waals surface area contributed by atoms with E-state index in [4.69, 9.17) is 10.2 Å². The maximum Gasteiger partial charge on any atom is 0.326 e. The summed E-state index contributed by atoms with van der Waals surface area (Å²) >= 11 is 1.02. The van der Waals surface area contributed by atoms with Gasteiger partial charge in [-0.15, -0.1) is 0 Å². The van der Waals surface area contributed by atoms with E-state index in [-0.39, 0.29) is 23.4 Å². The molecular formula is C19H19N5O6S. The summed E-state index contributed by atoms with van der Waals surface area (Å²) < 4.78 is 0. The molecule has 0 saturated carbocycles. The molecule has 0 saturated heterocycles. The maximum atomic E-state index is 12.3. The highest BCUT2D eigenvalue weighted by molar-refractivity contribution is 7.17. The van der Waals surface area contributed by atoms with E-state index in [2.05, 4.69) is 25.6 Å². The third-order valence-electron chi connectivity index (χ3n) is 4.31. The first-order chi connectivity index (χ1) is 14.7. The highest BCUT2D eigenvalue weighted by Crippen LogP contribution is 2.20. The van der Waals surface area contributed by atoms with Crippen LogP contribution in [0.3, 0.4) is 0 Å². The third kappa shape index (κ3) is 5.63. The smallest absolute Gasteiger partial charge is 0.326 e. The summed E-state index contributed by atoms with van der Waals surface area (Å²) in [5, 5.41) is 24.3. The second kappa shape index (κ2) is 9.34. The average Bonchev–Trinajstić information content (AvgIpc) is 3.18. The van der Waals surface area contributed by atoms with Gasteiger partial charge in [0, 0.05) is 13.0 Å². The Morgan fingerprint density at radius 1 is 1.26 bits per heavy atom. The number of fused-ring (bicyclic) bond motifs is 1. The molecule has 0 aliphatic rings. The van der Waals surface area contributed by atoms with E-state index >= 15 is 0 Å². The molecule has 0 unspecified atom stereocenters. The molecule has 2 aromatic heterocycles. The Bertz CT molecular complexity index is 1200. The van der Waals surface area contributed by atoms with Crippen LogP contribution in [0.25, 0.3) is 10.9 Å². The van der Waals surface area contributed by atoms with Crippen LogP contribution in [0.15, 0.2) is 29.2 Å². The molecule has 12 heteroatoms. The van der Waals surface area contributed by atoms with E-state index in [1.807, 2.05) is 6.07 Å².